The molecule has 0 aromatic heterocycles. The third-order valence-electron chi connectivity index (χ3n) is 3.35. The highest BCUT2D eigenvalue weighted by Gasteiger charge is 2.22. The van der Waals surface area contributed by atoms with E-state index in [0.29, 0.717) is 18.8 Å². The van der Waals surface area contributed by atoms with Crippen LogP contribution in [0.15, 0.2) is 24.3 Å². The van der Waals surface area contributed by atoms with Crippen molar-refractivity contribution in [2.24, 2.45) is 5.73 Å². The van der Waals surface area contributed by atoms with Gasteiger partial charge in [-0.05, 0) is 30.9 Å². The molecule has 0 bridgehead atoms. The number of nitrogens with two attached hydrogens (primary N) is 1. The van der Waals surface area contributed by atoms with Crippen molar-refractivity contribution in [2.45, 2.75) is 32.2 Å². The molecule has 1 aromatic carbocycles. The van der Waals surface area contributed by atoms with Crippen LogP contribution >= 0.6 is 0 Å². The molecule has 98 valence electrons. The van der Waals surface area contributed by atoms with Gasteiger partial charge in [0, 0.05) is 19.1 Å². The van der Waals surface area contributed by atoms with Gasteiger partial charge in [0.2, 0.25) is 0 Å². The van der Waals surface area contributed by atoms with Crippen LogP contribution in [0.1, 0.15) is 25.3 Å². The normalized spacial score (nSPS) is 16.7. The number of rotatable bonds is 2. The first-order valence-corrected chi connectivity index (χ1v) is 6.51. The largest absolute Gasteiger partial charge is 0.415 e. The van der Waals surface area contributed by atoms with Crippen LogP contribution in [0.3, 0.4) is 0 Å². The van der Waals surface area contributed by atoms with Crippen molar-refractivity contribution >= 4 is 6.09 Å². The minimum absolute atomic E-state index is 0.219. The Bertz CT molecular complexity index is 412. The van der Waals surface area contributed by atoms with Gasteiger partial charge in [0.05, 0.1) is 0 Å². The van der Waals surface area contributed by atoms with E-state index in [1.807, 2.05) is 31.2 Å². The number of likely N-dealkylation sites (tertiary alicyclic amines) is 1. The summed E-state index contributed by atoms with van der Waals surface area (Å²) in [6.45, 7) is 3.43. The highest BCUT2D eigenvalue weighted by atomic mass is 16.6. The number of benzene rings is 1. The molecule has 2 N–H and O–H groups in total. The second kappa shape index (κ2) is 5.87. The lowest BCUT2D eigenvalue weighted by molar-refractivity contribution is 0.139. The van der Waals surface area contributed by atoms with Crippen molar-refractivity contribution < 1.29 is 9.53 Å². The van der Waals surface area contributed by atoms with Gasteiger partial charge in [-0.15, -0.1) is 0 Å². The Balaban J connectivity index is 1.98. The molecule has 0 aliphatic carbocycles. The van der Waals surface area contributed by atoms with Gasteiger partial charge in [0.25, 0.3) is 0 Å². The zero-order valence-corrected chi connectivity index (χ0v) is 10.8. The van der Waals surface area contributed by atoms with Gasteiger partial charge in [0.15, 0.2) is 0 Å². The van der Waals surface area contributed by atoms with E-state index in [9.17, 15) is 4.79 Å². The van der Waals surface area contributed by atoms with Gasteiger partial charge in [-0.1, -0.05) is 25.1 Å². The lowest BCUT2D eigenvalue weighted by atomic mass is 10.1. The summed E-state index contributed by atoms with van der Waals surface area (Å²) in [5.74, 6) is 0.667. The molecule has 0 spiro atoms. The second-order valence-electron chi connectivity index (χ2n) is 4.65. The maximum absolute atomic E-state index is 12.0. The molecule has 1 aliphatic rings. The minimum Gasteiger partial charge on any atom is -0.410 e. The summed E-state index contributed by atoms with van der Waals surface area (Å²) in [5, 5.41) is 0. The standard InChI is InChI=1S/C14H20N2O2/c1-2-11-5-3-4-6-13(11)18-14(17)16-9-7-12(15)8-10-16/h3-6,12H,2,7-10,15H2,1H3. The third-order valence-corrected chi connectivity index (χ3v) is 3.35. The molecule has 0 saturated carbocycles. The number of carbonyl (C=O) groups is 1. The molecule has 0 atom stereocenters. The summed E-state index contributed by atoms with van der Waals surface area (Å²) < 4.78 is 5.46. The monoisotopic (exact) mass is 248 g/mol. The first-order chi connectivity index (χ1) is 8.70. The van der Waals surface area contributed by atoms with E-state index in [-0.39, 0.29) is 12.1 Å². The number of amides is 1. The Morgan fingerprint density at radius 2 is 2.06 bits per heavy atom. The van der Waals surface area contributed by atoms with E-state index < -0.39 is 0 Å². The van der Waals surface area contributed by atoms with Gasteiger partial charge < -0.3 is 15.4 Å². The average molecular weight is 248 g/mol. The lowest BCUT2D eigenvalue weighted by Crippen LogP contribution is -2.44. The summed E-state index contributed by atoms with van der Waals surface area (Å²) in [6.07, 6.45) is 2.30. The molecule has 4 nitrogen and oxygen atoms in total. The van der Waals surface area contributed by atoms with Crippen LogP contribution < -0.4 is 10.5 Å². The van der Waals surface area contributed by atoms with Crippen molar-refractivity contribution in [3.8, 4) is 5.75 Å². The number of ether oxygens (including phenoxy) is 1. The smallest absolute Gasteiger partial charge is 0.410 e. The van der Waals surface area contributed by atoms with Gasteiger partial charge in [-0.25, -0.2) is 4.79 Å². The minimum atomic E-state index is -0.261. The van der Waals surface area contributed by atoms with E-state index in [0.717, 1.165) is 24.8 Å². The molecular weight excluding hydrogens is 228 g/mol. The van der Waals surface area contributed by atoms with Crippen LogP contribution in [0.2, 0.25) is 0 Å². The van der Waals surface area contributed by atoms with Crippen molar-refractivity contribution in [1.29, 1.82) is 0 Å². The highest BCUT2D eigenvalue weighted by Crippen LogP contribution is 2.20. The van der Waals surface area contributed by atoms with Gasteiger partial charge in [0.1, 0.15) is 5.75 Å². The summed E-state index contributed by atoms with van der Waals surface area (Å²) in [4.78, 5) is 13.7. The van der Waals surface area contributed by atoms with E-state index >= 15 is 0 Å². The quantitative estimate of drug-likeness (QED) is 0.872. The lowest BCUT2D eigenvalue weighted by Gasteiger charge is -2.29. The van der Waals surface area contributed by atoms with Gasteiger partial charge in [-0.2, -0.15) is 0 Å². The number of para-hydroxylation sites is 1. The van der Waals surface area contributed by atoms with Crippen molar-refractivity contribution in [1.82, 2.24) is 4.90 Å². The molecule has 2 rings (SSSR count). The molecular formula is C14H20N2O2. The topological polar surface area (TPSA) is 55.6 Å². The van der Waals surface area contributed by atoms with Crippen LogP contribution in [0, 0.1) is 0 Å². The number of nitrogens with zero attached hydrogens (tertiary/aromatic N) is 1. The Morgan fingerprint density at radius 1 is 1.39 bits per heavy atom. The fourth-order valence-corrected chi connectivity index (χ4v) is 2.14. The zero-order valence-electron chi connectivity index (χ0n) is 10.8. The summed E-state index contributed by atoms with van der Waals surface area (Å²) in [7, 11) is 0. The molecule has 1 amide bonds. The van der Waals surface area contributed by atoms with Crippen molar-refractivity contribution in [3.05, 3.63) is 29.8 Å². The highest BCUT2D eigenvalue weighted by molar-refractivity contribution is 5.71. The van der Waals surface area contributed by atoms with Crippen LogP contribution in [-0.2, 0) is 6.42 Å². The molecule has 0 radical (unpaired) electrons. The van der Waals surface area contributed by atoms with Crippen LogP contribution in [0.5, 0.6) is 5.75 Å². The van der Waals surface area contributed by atoms with E-state index in [1.54, 1.807) is 4.90 Å². The first kappa shape index (κ1) is 12.9. The molecule has 4 heteroatoms. The Morgan fingerprint density at radius 3 is 2.72 bits per heavy atom. The van der Waals surface area contributed by atoms with E-state index in [2.05, 4.69) is 0 Å². The second-order valence-corrected chi connectivity index (χ2v) is 4.65. The fraction of sp³-hybridized carbons (Fsp3) is 0.500. The maximum atomic E-state index is 12.0. The molecule has 1 fully saturated rings. The van der Waals surface area contributed by atoms with E-state index in [1.165, 1.54) is 0 Å². The third kappa shape index (κ3) is 3.01. The molecule has 18 heavy (non-hydrogen) atoms. The predicted molar refractivity (Wildman–Crippen MR) is 70.6 cm³/mol. The Kier molecular flexibility index (Phi) is 4.20. The maximum Gasteiger partial charge on any atom is 0.415 e. The number of piperidine rings is 1. The number of carbonyl (C=O) groups excluding carboxylic acids is 1. The van der Waals surface area contributed by atoms with Gasteiger partial charge in [-0.3, -0.25) is 0 Å². The fourth-order valence-electron chi connectivity index (χ4n) is 2.14. The predicted octanol–water partition coefficient (Wildman–Crippen LogP) is 2.17. The number of hydrogen-bond donors (Lipinski definition) is 1. The number of hydrogen-bond acceptors (Lipinski definition) is 3. The molecule has 1 aliphatic heterocycles. The summed E-state index contributed by atoms with van der Waals surface area (Å²) in [6, 6.07) is 7.88. The van der Waals surface area contributed by atoms with Crippen molar-refractivity contribution in [3.63, 3.8) is 0 Å². The molecule has 0 unspecified atom stereocenters. The van der Waals surface area contributed by atoms with Crippen molar-refractivity contribution in [2.75, 3.05) is 13.1 Å². The summed E-state index contributed by atoms with van der Waals surface area (Å²) in [5.41, 5.74) is 6.87. The SMILES string of the molecule is CCc1ccccc1OC(=O)N1CCC(N)CC1. The average Bonchev–Trinajstić information content (AvgIpc) is 2.40. The zero-order chi connectivity index (χ0) is 13.0. The van der Waals surface area contributed by atoms with Crippen LogP contribution in [-0.4, -0.2) is 30.1 Å². The molecule has 1 saturated heterocycles. The Labute approximate surface area is 108 Å². The molecule has 1 heterocycles. The van der Waals surface area contributed by atoms with Gasteiger partial charge >= 0.3 is 6.09 Å². The van der Waals surface area contributed by atoms with Crippen LogP contribution in [0.4, 0.5) is 4.79 Å². The Hall–Kier alpha value is -1.55. The van der Waals surface area contributed by atoms with E-state index in [4.69, 9.17) is 10.5 Å². The molecule has 1 aromatic rings. The summed E-state index contributed by atoms with van der Waals surface area (Å²) >= 11 is 0. The van der Waals surface area contributed by atoms with Crippen LogP contribution in [0.25, 0.3) is 0 Å². The first-order valence-electron chi connectivity index (χ1n) is 6.51. The number of aryl methyl sites for hydroxylation is 1.